The summed E-state index contributed by atoms with van der Waals surface area (Å²) >= 11 is 0. The third-order valence-corrected chi connectivity index (χ3v) is 2.16. The molecule has 0 aliphatic carbocycles. The van der Waals surface area contributed by atoms with Crippen molar-refractivity contribution in [2.75, 3.05) is 0 Å². The van der Waals surface area contributed by atoms with Crippen LogP contribution < -0.4 is 0 Å². The van der Waals surface area contributed by atoms with Crippen LogP contribution in [0.25, 0.3) is 11.4 Å². The van der Waals surface area contributed by atoms with Crippen LogP contribution in [0, 0.1) is 0 Å². The summed E-state index contributed by atoms with van der Waals surface area (Å²) in [6.45, 7) is 0. The van der Waals surface area contributed by atoms with Gasteiger partial charge in [0, 0.05) is 13.2 Å². The molecule has 2 aromatic heterocycles. The molecule has 66 valence electrons. The summed E-state index contributed by atoms with van der Waals surface area (Å²) in [4.78, 5) is 13.7. The van der Waals surface area contributed by atoms with Crippen molar-refractivity contribution < 1.29 is 4.79 Å². The van der Waals surface area contributed by atoms with E-state index in [1.165, 1.54) is 0 Å². The normalized spacial score (nSPS) is 10.2. The van der Waals surface area contributed by atoms with E-state index in [1.54, 1.807) is 0 Å². The Morgan fingerprint density at radius 3 is 2.77 bits per heavy atom. The van der Waals surface area contributed by atoms with Crippen LogP contribution in [0.4, 0.5) is 0 Å². The zero-order valence-corrected chi connectivity index (χ0v) is 7.32. The van der Waals surface area contributed by atoms with Crippen molar-refractivity contribution in [3.8, 4) is 11.4 Å². The van der Waals surface area contributed by atoms with E-state index in [4.69, 9.17) is 0 Å². The predicted octanol–water partition coefficient (Wildman–Crippen LogP) is 1.83. The molecular formula is C10H10N2O. The molecule has 0 aliphatic rings. The Bertz CT molecular complexity index is 412. The number of nitrogens with one attached hydrogen (secondary N) is 1. The van der Waals surface area contributed by atoms with Gasteiger partial charge in [-0.1, -0.05) is 0 Å². The molecule has 2 heterocycles. The summed E-state index contributed by atoms with van der Waals surface area (Å²) < 4.78 is 1.86. The summed E-state index contributed by atoms with van der Waals surface area (Å²) in [5, 5.41) is 0. The lowest BCUT2D eigenvalue weighted by Gasteiger charge is -2.01. The van der Waals surface area contributed by atoms with E-state index in [-0.39, 0.29) is 0 Å². The van der Waals surface area contributed by atoms with E-state index in [2.05, 4.69) is 4.98 Å². The summed E-state index contributed by atoms with van der Waals surface area (Å²) in [5.41, 5.74) is 2.73. The average molecular weight is 174 g/mol. The van der Waals surface area contributed by atoms with Gasteiger partial charge in [-0.2, -0.15) is 0 Å². The zero-order valence-electron chi connectivity index (χ0n) is 7.32. The van der Waals surface area contributed by atoms with Crippen LogP contribution in [-0.2, 0) is 7.05 Å². The van der Waals surface area contributed by atoms with Crippen molar-refractivity contribution in [1.82, 2.24) is 9.55 Å². The van der Waals surface area contributed by atoms with Gasteiger partial charge in [-0.3, -0.25) is 4.79 Å². The molecule has 0 atom stereocenters. The lowest BCUT2D eigenvalue weighted by Crippen LogP contribution is -1.96. The topological polar surface area (TPSA) is 37.8 Å². The van der Waals surface area contributed by atoms with E-state index in [0.717, 1.165) is 17.7 Å². The summed E-state index contributed by atoms with van der Waals surface area (Å²) in [6, 6.07) is 7.64. The van der Waals surface area contributed by atoms with Crippen LogP contribution in [-0.4, -0.2) is 15.8 Å². The standard InChI is InChI=1S/C10H10N2O/c1-12-8(7-13)4-5-10(12)9-3-2-6-11-9/h2-7,11H,1H3. The minimum Gasteiger partial charge on any atom is -0.360 e. The molecule has 2 rings (SSSR count). The van der Waals surface area contributed by atoms with Gasteiger partial charge in [0.1, 0.15) is 0 Å². The number of aldehydes is 1. The predicted molar refractivity (Wildman–Crippen MR) is 50.6 cm³/mol. The maximum absolute atomic E-state index is 10.6. The second-order valence-corrected chi connectivity index (χ2v) is 2.90. The maximum atomic E-state index is 10.6. The van der Waals surface area contributed by atoms with Gasteiger partial charge in [-0.15, -0.1) is 0 Å². The highest BCUT2D eigenvalue weighted by Crippen LogP contribution is 2.18. The highest BCUT2D eigenvalue weighted by atomic mass is 16.1. The third-order valence-electron chi connectivity index (χ3n) is 2.16. The molecule has 1 N–H and O–H groups in total. The van der Waals surface area contributed by atoms with E-state index in [9.17, 15) is 4.79 Å². The Morgan fingerprint density at radius 1 is 1.38 bits per heavy atom. The molecule has 3 heteroatoms. The first-order valence-electron chi connectivity index (χ1n) is 4.07. The van der Waals surface area contributed by atoms with Crippen molar-refractivity contribution in [2.24, 2.45) is 7.05 Å². The first kappa shape index (κ1) is 7.86. The zero-order chi connectivity index (χ0) is 9.26. The van der Waals surface area contributed by atoms with Crippen LogP contribution in [0.5, 0.6) is 0 Å². The Kier molecular flexibility index (Phi) is 1.77. The van der Waals surface area contributed by atoms with Crippen LogP contribution in [0.3, 0.4) is 0 Å². The molecule has 0 saturated heterocycles. The van der Waals surface area contributed by atoms with Crippen LogP contribution >= 0.6 is 0 Å². The SMILES string of the molecule is Cn1c(C=O)ccc1-c1ccc[nH]1. The minimum atomic E-state index is 0.685. The highest BCUT2D eigenvalue weighted by molar-refractivity contribution is 5.75. The van der Waals surface area contributed by atoms with E-state index < -0.39 is 0 Å². The van der Waals surface area contributed by atoms with Gasteiger partial charge >= 0.3 is 0 Å². The number of carbonyl (C=O) groups is 1. The second-order valence-electron chi connectivity index (χ2n) is 2.90. The molecule has 0 bridgehead atoms. The number of aromatic amines is 1. The fourth-order valence-electron chi connectivity index (χ4n) is 1.41. The summed E-state index contributed by atoms with van der Waals surface area (Å²) in [6.07, 6.45) is 2.72. The Balaban J connectivity index is 2.53. The van der Waals surface area contributed by atoms with Gasteiger partial charge in [-0.25, -0.2) is 0 Å². The van der Waals surface area contributed by atoms with Gasteiger partial charge < -0.3 is 9.55 Å². The Labute approximate surface area is 76.0 Å². The number of aromatic nitrogens is 2. The molecular weight excluding hydrogens is 164 g/mol. The monoisotopic (exact) mass is 174 g/mol. The van der Waals surface area contributed by atoms with Crippen molar-refractivity contribution in [3.63, 3.8) is 0 Å². The Morgan fingerprint density at radius 2 is 2.23 bits per heavy atom. The van der Waals surface area contributed by atoms with E-state index >= 15 is 0 Å². The lowest BCUT2D eigenvalue weighted by molar-refractivity contribution is 0.111. The van der Waals surface area contributed by atoms with Gasteiger partial charge in [-0.05, 0) is 24.3 Å². The second kappa shape index (κ2) is 2.94. The number of hydrogen-bond acceptors (Lipinski definition) is 1. The van der Waals surface area contributed by atoms with Gasteiger partial charge in [0.05, 0.1) is 17.1 Å². The van der Waals surface area contributed by atoms with Gasteiger partial charge in [0.2, 0.25) is 0 Å². The quantitative estimate of drug-likeness (QED) is 0.693. The number of carbonyl (C=O) groups excluding carboxylic acids is 1. The largest absolute Gasteiger partial charge is 0.360 e. The summed E-state index contributed by atoms with van der Waals surface area (Å²) in [7, 11) is 1.87. The van der Waals surface area contributed by atoms with Crippen molar-refractivity contribution in [1.29, 1.82) is 0 Å². The van der Waals surface area contributed by atoms with Gasteiger partial charge in [0.15, 0.2) is 6.29 Å². The molecule has 3 nitrogen and oxygen atoms in total. The summed E-state index contributed by atoms with van der Waals surface area (Å²) in [5.74, 6) is 0. The molecule has 0 aromatic carbocycles. The molecule has 0 aliphatic heterocycles. The van der Waals surface area contributed by atoms with E-state index in [1.807, 2.05) is 42.1 Å². The first-order valence-corrected chi connectivity index (χ1v) is 4.07. The average Bonchev–Trinajstić information content (AvgIpc) is 2.72. The smallest absolute Gasteiger partial charge is 0.166 e. The number of H-pyrrole nitrogens is 1. The lowest BCUT2D eigenvalue weighted by atomic mass is 10.3. The maximum Gasteiger partial charge on any atom is 0.166 e. The number of rotatable bonds is 2. The third kappa shape index (κ3) is 1.18. The van der Waals surface area contributed by atoms with Crippen molar-refractivity contribution in [3.05, 3.63) is 36.2 Å². The van der Waals surface area contributed by atoms with Crippen molar-refractivity contribution >= 4 is 6.29 Å². The van der Waals surface area contributed by atoms with Crippen molar-refractivity contribution in [2.45, 2.75) is 0 Å². The molecule has 0 unspecified atom stereocenters. The molecule has 0 amide bonds. The molecule has 0 radical (unpaired) electrons. The molecule has 0 fully saturated rings. The number of nitrogens with zero attached hydrogens (tertiary/aromatic N) is 1. The first-order chi connectivity index (χ1) is 6.33. The Hall–Kier alpha value is -1.77. The minimum absolute atomic E-state index is 0.685. The fraction of sp³-hybridized carbons (Fsp3) is 0.100. The van der Waals surface area contributed by atoms with Crippen LogP contribution in [0.15, 0.2) is 30.5 Å². The molecule has 2 aromatic rings. The highest BCUT2D eigenvalue weighted by Gasteiger charge is 2.05. The molecule has 13 heavy (non-hydrogen) atoms. The molecule has 0 saturated carbocycles. The molecule has 0 spiro atoms. The van der Waals surface area contributed by atoms with Crippen LogP contribution in [0.2, 0.25) is 0 Å². The fourth-order valence-corrected chi connectivity index (χ4v) is 1.41. The van der Waals surface area contributed by atoms with E-state index in [0.29, 0.717) is 5.69 Å². The van der Waals surface area contributed by atoms with Gasteiger partial charge in [0.25, 0.3) is 0 Å². The number of hydrogen-bond donors (Lipinski definition) is 1. The van der Waals surface area contributed by atoms with Crippen LogP contribution in [0.1, 0.15) is 10.5 Å².